The van der Waals surface area contributed by atoms with Gasteiger partial charge in [-0.15, -0.1) is 0 Å². The van der Waals surface area contributed by atoms with Crippen molar-refractivity contribution < 1.29 is 14.4 Å². The van der Waals surface area contributed by atoms with Gasteiger partial charge < -0.3 is 11.1 Å². The van der Waals surface area contributed by atoms with Gasteiger partial charge in [0, 0.05) is 6.42 Å². The quantitative estimate of drug-likeness (QED) is 0.585. The fraction of sp³-hybridized carbons (Fsp3) is 0.308. The van der Waals surface area contributed by atoms with Crippen LogP contribution in [-0.2, 0) is 13.0 Å². The standard InChI is InChI=1S/C26H26N6O3/c1-14-23(15(2)32(31-14)13-17-7-5-16(12-27)6-8-17)30-25(35)18-9-19(24(28)34)29-20-10-26(3,4)11-21(33)22(18)20/h5-9H,10-11,13H2,1-4H3,(H2,28,34)(H,30,35). The molecule has 0 saturated carbocycles. The fourth-order valence-corrected chi connectivity index (χ4v) is 4.45. The molecule has 4 rings (SSSR count). The van der Waals surface area contributed by atoms with Gasteiger partial charge in [0.1, 0.15) is 5.69 Å². The molecular formula is C26H26N6O3. The van der Waals surface area contributed by atoms with Crippen molar-refractivity contribution in [2.75, 3.05) is 5.32 Å². The molecule has 3 N–H and O–H groups in total. The van der Waals surface area contributed by atoms with E-state index in [4.69, 9.17) is 11.0 Å². The van der Waals surface area contributed by atoms with Gasteiger partial charge in [0.25, 0.3) is 11.8 Å². The fourth-order valence-electron chi connectivity index (χ4n) is 4.45. The molecule has 35 heavy (non-hydrogen) atoms. The number of ketones is 1. The van der Waals surface area contributed by atoms with Crippen LogP contribution in [0.15, 0.2) is 30.3 Å². The smallest absolute Gasteiger partial charge is 0.267 e. The van der Waals surface area contributed by atoms with Gasteiger partial charge in [-0.25, -0.2) is 4.98 Å². The van der Waals surface area contributed by atoms with Crippen molar-refractivity contribution >= 4 is 23.3 Å². The summed E-state index contributed by atoms with van der Waals surface area (Å²) in [7, 11) is 0. The molecule has 0 spiro atoms. The average Bonchev–Trinajstić information content (AvgIpc) is 3.05. The lowest BCUT2D eigenvalue weighted by atomic mass is 9.74. The Kier molecular flexibility index (Phi) is 5.99. The molecule has 0 radical (unpaired) electrons. The number of nitrogens with zero attached hydrogens (tertiary/aromatic N) is 4. The van der Waals surface area contributed by atoms with Crippen molar-refractivity contribution in [2.24, 2.45) is 11.1 Å². The summed E-state index contributed by atoms with van der Waals surface area (Å²) in [5, 5.41) is 16.4. The van der Waals surface area contributed by atoms with E-state index in [-0.39, 0.29) is 34.4 Å². The SMILES string of the molecule is Cc1nn(Cc2ccc(C#N)cc2)c(C)c1NC(=O)c1cc(C(N)=O)nc2c1C(=O)CC(C)(C)C2. The highest BCUT2D eigenvalue weighted by Gasteiger charge is 2.36. The maximum absolute atomic E-state index is 13.4. The summed E-state index contributed by atoms with van der Waals surface area (Å²) in [4.78, 5) is 42.6. The molecule has 0 aliphatic heterocycles. The highest BCUT2D eigenvalue weighted by Crippen LogP contribution is 2.36. The number of amides is 2. The maximum Gasteiger partial charge on any atom is 0.267 e. The molecule has 3 aromatic rings. The Morgan fingerprint density at radius 1 is 1.20 bits per heavy atom. The number of hydrogen-bond donors (Lipinski definition) is 2. The van der Waals surface area contributed by atoms with E-state index in [9.17, 15) is 14.4 Å². The molecule has 178 valence electrons. The van der Waals surface area contributed by atoms with Crippen molar-refractivity contribution in [3.8, 4) is 6.07 Å². The number of nitrogens with two attached hydrogens (primary N) is 1. The van der Waals surface area contributed by atoms with E-state index in [1.807, 2.05) is 32.9 Å². The van der Waals surface area contributed by atoms with E-state index < -0.39 is 11.8 Å². The lowest BCUT2D eigenvalue weighted by Crippen LogP contribution is -2.32. The third kappa shape index (κ3) is 4.68. The summed E-state index contributed by atoms with van der Waals surface area (Å²) < 4.78 is 1.76. The number of nitriles is 1. The first-order valence-corrected chi connectivity index (χ1v) is 11.2. The number of fused-ring (bicyclic) bond motifs is 1. The number of aromatic nitrogens is 3. The van der Waals surface area contributed by atoms with E-state index in [1.54, 1.807) is 23.7 Å². The summed E-state index contributed by atoms with van der Waals surface area (Å²) in [5.41, 5.74) is 9.21. The van der Waals surface area contributed by atoms with E-state index >= 15 is 0 Å². The van der Waals surface area contributed by atoms with Crippen molar-refractivity contribution in [3.05, 3.63) is 75.4 Å². The second-order valence-corrected chi connectivity index (χ2v) is 9.65. The van der Waals surface area contributed by atoms with Gasteiger partial charge in [-0.3, -0.25) is 19.1 Å². The first kappa shape index (κ1) is 23.8. The molecule has 1 aliphatic rings. The summed E-state index contributed by atoms with van der Waals surface area (Å²) in [6.45, 7) is 7.97. The predicted octanol–water partition coefficient (Wildman–Crippen LogP) is 3.32. The second-order valence-electron chi connectivity index (χ2n) is 9.65. The van der Waals surface area contributed by atoms with Crippen LogP contribution >= 0.6 is 0 Å². The monoisotopic (exact) mass is 470 g/mol. The van der Waals surface area contributed by atoms with E-state index in [2.05, 4.69) is 21.5 Å². The zero-order valence-electron chi connectivity index (χ0n) is 20.1. The molecular weight excluding hydrogens is 444 g/mol. The first-order chi connectivity index (χ1) is 16.5. The van der Waals surface area contributed by atoms with Gasteiger partial charge in [0.05, 0.1) is 52.1 Å². The van der Waals surface area contributed by atoms with Gasteiger partial charge in [0.2, 0.25) is 0 Å². The van der Waals surface area contributed by atoms with Crippen LogP contribution in [0.2, 0.25) is 0 Å². The Morgan fingerprint density at radius 2 is 1.89 bits per heavy atom. The lowest BCUT2D eigenvalue weighted by molar-refractivity contribution is 0.0896. The van der Waals surface area contributed by atoms with Crippen LogP contribution in [0.3, 0.4) is 0 Å². The number of hydrogen-bond acceptors (Lipinski definition) is 6. The Hall–Kier alpha value is -4.32. The molecule has 9 nitrogen and oxygen atoms in total. The second kappa shape index (κ2) is 8.80. The lowest BCUT2D eigenvalue weighted by Gasteiger charge is -2.30. The third-order valence-corrected chi connectivity index (χ3v) is 6.19. The van der Waals surface area contributed by atoms with E-state index in [0.717, 1.165) is 11.3 Å². The van der Waals surface area contributed by atoms with Crippen molar-refractivity contribution in [1.29, 1.82) is 5.26 Å². The molecule has 0 atom stereocenters. The number of carbonyl (C=O) groups is 3. The Balaban J connectivity index is 1.68. The molecule has 2 heterocycles. The van der Waals surface area contributed by atoms with Gasteiger partial charge in [-0.2, -0.15) is 10.4 Å². The number of aryl methyl sites for hydroxylation is 1. The van der Waals surface area contributed by atoms with Gasteiger partial charge in [-0.1, -0.05) is 26.0 Å². The van der Waals surface area contributed by atoms with Crippen molar-refractivity contribution in [1.82, 2.24) is 14.8 Å². The minimum Gasteiger partial charge on any atom is -0.364 e. The molecule has 0 saturated heterocycles. The van der Waals surface area contributed by atoms with Crippen LogP contribution in [0, 0.1) is 30.6 Å². The molecule has 1 aliphatic carbocycles. The van der Waals surface area contributed by atoms with E-state index in [1.165, 1.54) is 6.07 Å². The first-order valence-electron chi connectivity index (χ1n) is 11.2. The zero-order chi connectivity index (χ0) is 25.5. The summed E-state index contributed by atoms with van der Waals surface area (Å²) in [5.74, 6) is -1.47. The van der Waals surface area contributed by atoms with Crippen molar-refractivity contribution in [3.63, 3.8) is 0 Å². The third-order valence-electron chi connectivity index (χ3n) is 6.19. The number of rotatable bonds is 5. The molecule has 0 fully saturated rings. The summed E-state index contributed by atoms with van der Waals surface area (Å²) >= 11 is 0. The van der Waals surface area contributed by atoms with Crippen LogP contribution in [-0.4, -0.2) is 32.4 Å². The minimum atomic E-state index is -0.764. The largest absolute Gasteiger partial charge is 0.364 e. The number of pyridine rings is 1. The van der Waals surface area contributed by atoms with Crippen LogP contribution in [0.1, 0.15) is 79.7 Å². The Morgan fingerprint density at radius 3 is 2.51 bits per heavy atom. The van der Waals surface area contributed by atoms with E-state index in [0.29, 0.717) is 35.6 Å². The molecule has 0 unspecified atom stereocenters. The predicted molar refractivity (Wildman–Crippen MR) is 129 cm³/mol. The number of Topliss-reactive ketones (excluding diaryl/α,β-unsaturated/α-hetero) is 1. The molecule has 0 bridgehead atoms. The number of benzene rings is 1. The van der Waals surface area contributed by atoms with Gasteiger partial charge >= 0.3 is 0 Å². The van der Waals surface area contributed by atoms with Crippen molar-refractivity contribution in [2.45, 2.75) is 47.1 Å². The number of nitrogens with one attached hydrogen (secondary N) is 1. The minimum absolute atomic E-state index is 0.0515. The van der Waals surface area contributed by atoms with Crippen LogP contribution < -0.4 is 11.1 Å². The van der Waals surface area contributed by atoms with Gasteiger partial charge in [0.15, 0.2) is 5.78 Å². The zero-order valence-corrected chi connectivity index (χ0v) is 20.1. The normalized spacial score (nSPS) is 14.2. The number of carbonyl (C=O) groups excluding carboxylic acids is 3. The van der Waals surface area contributed by atoms with Crippen LogP contribution in [0.5, 0.6) is 0 Å². The molecule has 1 aromatic carbocycles. The summed E-state index contributed by atoms with van der Waals surface area (Å²) in [6.07, 6.45) is 0.731. The summed E-state index contributed by atoms with van der Waals surface area (Å²) in [6, 6.07) is 10.6. The number of anilines is 1. The van der Waals surface area contributed by atoms with Gasteiger partial charge in [-0.05, 0) is 49.4 Å². The highest BCUT2D eigenvalue weighted by molar-refractivity contribution is 6.14. The highest BCUT2D eigenvalue weighted by atomic mass is 16.2. The molecule has 2 amide bonds. The molecule has 9 heteroatoms. The molecule has 2 aromatic heterocycles. The Bertz CT molecular complexity index is 1410. The topological polar surface area (TPSA) is 144 Å². The van der Waals surface area contributed by atoms with Crippen LogP contribution in [0.4, 0.5) is 5.69 Å². The van der Waals surface area contributed by atoms with Crippen LogP contribution in [0.25, 0.3) is 0 Å². The number of primary amides is 1. The maximum atomic E-state index is 13.4. The average molecular weight is 471 g/mol. The Labute approximate surface area is 203 Å².